The van der Waals surface area contributed by atoms with Crippen LogP contribution in [-0.4, -0.2) is 35.7 Å². The van der Waals surface area contributed by atoms with E-state index in [-0.39, 0.29) is 50.3 Å². The van der Waals surface area contributed by atoms with Gasteiger partial charge in [-0.15, -0.1) is 0 Å². The molecule has 5 fully saturated rings. The summed E-state index contributed by atoms with van der Waals surface area (Å²) in [5.74, 6) is 0.747. The Morgan fingerprint density at radius 2 is 1.52 bits per heavy atom. The fourth-order valence-corrected chi connectivity index (χ4v) is 13.0. The Morgan fingerprint density at radius 1 is 0.826 bits per heavy atom. The molecule has 6 heteroatoms. The second kappa shape index (κ2) is 11.2. The molecule has 5 saturated carbocycles. The molecule has 0 aliphatic heterocycles. The van der Waals surface area contributed by atoms with E-state index < -0.39 is 11.9 Å². The highest BCUT2D eigenvalue weighted by Gasteiger charge is 2.71. The van der Waals surface area contributed by atoms with Crippen LogP contribution in [0.25, 0.3) is 0 Å². The van der Waals surface area contributed by atoms with Crippen molar-refractivity contribution >= 4 is 17.9 Å². The third-order valence-electron chi connectivity index (χ3n) is 15.4. The summed E-state index contributed by atoms with van der Waals surface area (Å²) < 4.78 is 12.0. The summed E-state index contributed by atoms with van der Waals surface area (Å²) in [5.41, 5.74) is 1.75. The molecule has 0 spiro atoms. The number of carbonyl (C=O) groups excluding carboxylic acids is 2. The minimum absolute atomic E-state index is 0.00935. The molecule has 0 unspecified atom stereocenters. The van der Waals surface area contributed by atoms with Crippen molar-refractivity contribution < 1.29 is 29.0 Å². The molecule has 0 saturated heterocycles. The first kappa shape index (κ1) is 33.3. The fraction of sp³-hybridized carbons (Fsp3) is 0.725. The number of fused-ring (bicyclic) bond motifs is 7. The standard InChI is InChI=1S/C40H56O6/c1-24(2)26-15-20-40(23-45-25(3)41)22-21-38(7)29(33(26)40)13-14-31-37(6)18-17-32(36(4,5)30(37)16-19-39(31,38)8)46-35(44)28-12-10-9-11-27(28)34(42)43/h9-12,26,29-33H,1,13-23H2,2-8H3,(H,42,43)/t26-,29+,30+,31+,32-,33-,37-,38+,39+,40+/m0/s1. The average molecular weight is 633 g/mol. The van der Waals surface area contributed by atoms with Gasteiger partial charge < -0.3 is 14.6 Å². The lowest BCUT2D eigenvalue weighted by molar-refractivity contribution is -0.249. The normalized spacial score (nSPS) is 42.4. The lowest BCUT2D eigenvalue weighted by atomic mass is 9.32. The minimum Gasteiger partial charge on any atom is -0.478 e. The maximum absolute atomic E-state index is 13.4. The maximum atomic E-state index is 13.4. The smallest absolute Gasteiger partial charge is 0.339 e. The van der Waals surface area contributed by atoms with Crippen LogP contribution in [0.4, 0.5) is 0 Å². The molecule has 10 atom stereocenters. The summed E-state index contributed by atoms with van der Waals surface area (Å²) >= 11 is 0. The van der Waals surface area contributed by atoms with E-state index in [1.54, 1.807) is 25.1 Å². The largest absolute Gasteiger partial charge is 0.478 e. The van der Waals surface area contributed by atoms with Gasteiger partial charge >= 0.3 is 17.9 Å². The molecule has 1 N–H and O–H groups in total. The third-order valence-corrected chi connectivity index (χ3v) is 15.4. The molecule has 46 heavy (non-hydrogen) atoms. The molecule has 6 rings (SSSR count). The summed E-state index contributed by atoms with van der Waals surface area (Å²) in [5, 5.41) is 9.67. The maximum Gasteiger partial charge on any atom is 0.339 e. The van der Waals surface area contributed by atoms with E-state index in [1.807, 2.05) is 0 Å². The van der Waals surface area contributed by atoms with Crippen LogP contribution in [0.1, 0.15) is 133 Å². The topological polar surface area (TPSA) is 89.9 Å². The van der Waals surface area contributed by atoms with Crippen LogP contribution in [0, 0.1) is 56.7 Å². The first-order valence-electron chi connectivity index (χ1n) is 17.8. The van der Waals surface area contributed by atoms with Gasteiger partial charge in [-0.05, 0) is 129 Å². The molecule has 5 aliphatic carbocycles. The molecular weight excluding hydrogens is 576 g/mol. The van der Waals surface area contributed by atoms with Gasteiger partial charge in [-0.2, -0.15) is 0 Å². The van der Waals surface area contributed by atoms with Crippen molar-refractivity contribution in [2.24, 2.45) is 56.7 Å². The molecule has 0 heterocycles. The van der Waals surface area contributed by atoms with Crippen LogP contribution in [0.3, 0.4) is 0 Å². The molecule has 6 nitrogen and oxygen atoms in total. The highest BCUT2D eigenvalue weighted by atomic mass is 16.5. The number of rotatable bonds is 6. The zero-order valence-corrected chi connectivity index (χ0v) is 29.2. The Morgan fingerprint density at radius 3 is 2.17 bits per heavy atom. The van der Waals surface area contributed by atoms with Crippen molar-refractivity contribution in [3.8, 4) is 0 Å². The van der Waals surface area contributed by atoms with Crippen LogP contribution in [0.5, 0.6) is 0 Å². The number of carboxylic acid groups (broad SMARTS) is 1. The average Bonchev–Trinajstić information content (AvgIpc) is 3.38. The van der Waals surface area contributed by atoms with E-state index in [1.165, 1.54) is 30.9 Å². The molecule has 5 aliphatic rings. The van der Waals surface area contributed by atoms with Crippen molar-refractivity contribution in [1.82, 2.24) is 0 Å². The van der Waals surface area contributed by atoms with Gasteiger partial charge in [-0.1, -0.05) is 58.9 Å². The van der Waals surface area contributed by atoms with Gasteiger partial charge in [0.05, 0.1) is 17.7 Å². The van der Waals surface area contributed by atoms with Crippen LogP contribution >= 0.6 is 0 Å². The highest BCUT2D eigenvalue weighted by molar-refractivity contribution is 6.02. The molecule has 0 bridgehead atoms. The van der Waals surface area contributed by atoms with Gasteiger partial charge in [0, 0.05) is 17.8 Å². The Bertz CT molecular complexity index is 1430. The zero-order valence-electron chi connectivity index (χ0n) is 29.2. The second-order valence-corrected chi connectivity index (χ2v) is 17.4. The van der Waals surface area contributed by atoms with Crippen LogP contribution < -0.4 is 0 Å². The summed E-state index contributed by atoms with van der Waals surface area (Å²) in [7, 11) is 0. The van der Waals surface area contributed by atoms with E-state index in [9.17, 15) is 19.5 Å². The van der Waals surface area contributed by atoms with E-state index >= 15 is 0 Å². The summed E-state index contributed by atoms with van der Waals surface area (Å²) in [6.45, 7) is 21.1. The van der Waals surface area contributed by atoms with Gasteiger partial charge in [0.15, 0.2) is 0 Å². The number of ether oxygens (including phenoxy) is 2. The van der Waals surface area contributed by atoms with E-state index in [0.29, 0.717) is 36.2 Å². The number of allylic oxidation sites excluding steroid dienone is 1. The molecule has 0 aromatic heterocycles. The first-order valence-corrected chi connectivity index (χ1v) is 17.8. The summed E-state index contributed by atoms with van der Waals surface area (Å²) in [6.07, 6.45) is 10.8. The predicted octanol–water partition coefficient (Wildman–Crippen LogP) is 9.13. The Hall–Kier alpha value is -2.63. The third kappa shape index (κ3) is 4.73. The lowest BCUT2D eigenvalue weighted by Crippen LogP contribution is -2.67. The number of hydrogen-bond acceptors (Lipinski definition) is 5. The van der Waals surface area contributed by atoms with Gasteiger partial charge in [0.1, 0.15) is 6.10 Å². The van der Waals surface area contributed by atoms with Gasteiger partial charge in [0.25, 0.3) is 0 Å². The van der Waals surface area contributed by atoms with Crippen LogP contribution in [0.2, 0.25) is 0 Å². The van der Waals surface area contributed by atoms with E-state index in [2.05, 4.69) is 48.1 Å². The number of hydrogen-bond donors (Lipinski definition) is 1. The molecule has 0 amide bonds. The minimum atomic E-state index is -1.11. The summed E-state index contributed by atoms with van der Waals surface area (Å²) in [4.78, 5) is 37.2. The van der Waals surface area contributed by atoms with Crippen LogP contribution in [-0.2, 0) is 14.3 Å². The Kier molecular flexibility index (Phi) is 8.12. The summed E-state index contributed by atoms with van der Waals surface area (Å²) in [6, 6.07) is 6.37. The van der Waals surface area contributed by atoms with Crippen molar-refractivity contribution in [2.75, 3.05) is 6.61 Å². The molecular formula is C40H56O6. The molecule has 0 radical (unpaired) electrons. The van der Waals surface area contributed by atoms with E-state index in [4.69, 9.17) is 9.47 Å². The fourth-order valence-electron chi connectivity index (χ4n) is 13.0. The molecule has 1 aromatic rings. The van der Waals surface area contributed by atoms with Crippen molar-refractivity contribution in [1.29, 1.82) is 0 Å². The van der Waals surface area contributed by atoms with Gasteiger partial charge in [-0.3, -0.25) is 4.79 Å². The number of benzene rings is 1. The number of esters is 2. The number of aromatic carboxylic acids is 1. The van der Waals surface area contributed by atoms with Crippen molar-refractivity contribution in [2.45, 2.75) is 119 Å². The van der Waals surface area contributed by atoms with Crippen molar-refractivity contribution in [3.05, 3.63) is 47.5 Å². The van der Waals surface area contributed by atoms with Crippen LogP contribution in [0.15, 0.2) is 36.4 Å². The van der Waals surface area contributed by atoms with E-state index in [0.717, 1.165) is 44.9 Å². The molecule has 252 valence electrons. The van der Waals surface area contributed by atoms with Crippen molar-refractivity contribution in [3.63, 3.8) is 0 Å². The first-order chi connectivity index (χ1) is 21.5. The SMILES string of the molecule is C=C(C)[C@@H]1CC[C@]2(COC(C)=O)CC[C@]3(C)[C@H](CC[C@@H]4[C@@]5(C)CC[C@H](OC(=O)c6ccccc6C(=O)O)C(C)(C)[C@H]5CC[C@]43C)[C@H]12. The lowest BCUT2D eigenvalue weighted by Gasteiger charge is -2.73. The highest BCUT2D eigenvalue weighted by Crippen LogP contribution is 2.77. The zero-order chi connectivity index (χ0) is 33.4. The number of carboxylic acids is 1. The number of carbonyl (C=O) groups is 3. The Labute approximate surface area is 276 Å². The second-order valence-electron chi connectivity index (χ2n) is 17.4. The molecule has 1 aromatic carbocycles. The predicted molar refractivity (Wildman–Crippen MR) is 178 cm³/mol. The Balaban J connectivity index is 1.27. The monoisotopic (exact) mass is 632 g/mol. The van der Waals surface area contributed by atoms with Gasteiger partial charge in [0.2, 0.25) is 0 Å². The van der Waals surface area contributed by atoms with Gasteiger partial charge in [-0.25, -0.2) is 9.59 Å². The quantitative estimate of drug-likeness (QED) is 0.249.